The summed E-state index contributed by atoms with van der Waals surface area (Å²) in [5, 5.41) is 8.85. The highest BCUT2D eigenvalue weighted by molar-refractivity contribution is 5.88. The fourth-order valence-corrected chi connectivity index (χ4v) is 3.53. The van der Waals surface area contributed by atoms with Crippen molar-refractivity contribution >= 4 is 23.2 Å². The van der Waals surface area contributed by atoms with Crippen LogP contribution in [0.4, 0.5) is 11.4 Å². The molecule has 2 aromatic carbocycles. The van der Waals surface area contributed by atoms with Crippen LogP contribution in [0.2, 0.25) is 0 Å². The van der Waals surface area contributed by atoms with Crippen LogP contribution in [0.1, 0.15) is 44.4 Å². The largest absolute Gasteiger partial charge is 0.363 e. The average molecular weight is 329 g/mol. The summed E-state index contributed by atoms with van der Waals surface area (Å²) in [6.07, 6.45) is 4.21. The molecule has 0 saturated carbocycles. The van der Waals surface area contributed by atoms with Crippen molar-refractivity contribution in [2.75, 3.05) is 11.4 Å². The minimum Gasteiger partial charge on any atom is -0.363 e. The monoisotopic (exact) mass is 329 g/mol. The zero-order chi connectivity index (χ0) is 18.0. The van der Waals surface area contributed by atoms with Gasteiger partial charge in [0.1, 0.15) is 0 Å². The lowest BCUT2D eigenvalue weighted by Crippen LogP contribution is -2.44. The highest BCUT2D eigenvalue weighted by atomic mass is 15.2. The van der Waals surface area contributed by atoms with E-state index in [1.165, 1.54) is 16.8 Å². The maximum atomic E-state index is 8.85. The third-order valence-electron chi connectivity index (χ3n) is 4.68. The molecule has 1 aliphatic heterocycles. The zero-order valence-corrected chi connectivity index (χ0v) is 15.2. The van der Waals surface area contributed by atoms with E-state index in [1.807, 2.05) is 18.3 Å². The topological polar surface area (TPSA) is 39.4 Å². The van der Waals surface area contributed by atoms with Gasteiger partial charge in [0, 0.05) is 24.0 Å². The lowest BCUT2D eigenvalue weighted by Gasteiger charge is -2.42. The van der Waals surface area contributed by atoms with Crippen LogP contribution in [-0.2, 0) is 0 Å². The van der Waals surface area contributed by atoms with E-state index in [0.717, 1.165) is 17.8 Å². The molecule has 25 heavy (non-hydrogen) atoms. The van der Waals surface area contributed by atoms with Gasteiger partial charge < -0.3 is 4.90 Å². The number of allylic oxidation sites excluding steroid dienone is 1. The molecule has 0 fully saturated rings. The van der Waals surface area contributed by atoms with Gasteiger partial charge in [0.2, 0.25) is 0 Å². The zero-order valence-electron chi connectivity index (χ0n) is 15.2. The van der Waals surface area contributed by atoms with Crippen LogP contribution < -0.4 is 4.90 Å². The minimum atomic E-state index is 0.0317. The second kappa shape index (κ2) is 6.57. The summed E-state index contributed by atoms with van der Waals surface area (Å²) in [5.41, 5.74) is 6.46. The maximum absolute atomic E-state index is 8.85. The molecule has 1 aliphatic rings. The number of aliphatic imine (C=N–C) groups is 1. The Balaban J connectivity index is 1.92. The number of nitrogens with zero attached hydrogens (tertiary/aromatic N) is 3. The van der Waals surface area contributed by atoms with Crippen molar-refractivity contribution in [3.8, 4) is 6.07 Å². The predicted molar refractivity (Wildman–Crippen MR) is 106 cm³/mol. The van der Waals surface area contributed by atoms with Gasteiger partial charge in [0.25, 0.3) is 0 Å². The predicted octanol–water partition coefficient (Wildman–Crippen LogP) is 5.33. The number of rotatable bonds is 3. The highest BCUT2D eigenvalue weighted by Crippen LogP contribution is 2.38. The van der Waals surface area contributed by atoms with E-state index >= 15 is 0 Å². The van der Waals surface area contributed by atoms with Gasteiger partial charge in [0.05, 0.1) is 22.9 Å². The smallest absolute Gasteiger partial charge is 0.0991 e. The Bertz CT molecular complexity index is 880. The Labute approximate surface area is 149 Å². The fraction of sp³-hybridized carbons (Fsp3) is 0.273. The van der Waals surface area contributed by atoms with E-state index < -0.39 is 0 Å². The van der Waals surface area contributed by atoms with E-state index in [2.05, 4.69) is 67.9 Å². The van der Waals surface area contributed by atoms with Crippen LogP contribution in [0, 0.1) is 11.3 Å². The molecule has 1 heterocycles. The number of benzene rings is 2. The molecule has 0 aliphatic carbocycles. The van der Waals surface area contributed by atoms with Gasteiger partial charge in [-0.05, 0) is 75.2 Å². The molecular weight excluding hydrogens is 306 g/mol. The molecule has 0 radical (unpaired) electrons. The van der Waals surface area contributed by atoms with Crippen molar-refractivity contribution in [2.45, 2.75) is 33.2 Å². The molecular formula is C22H23N3. The van der Waals surface area contributed by atoms with Crippen molar-refractivity contribution in [2.24, 2.45) is 4.99 Å². The summed E-state index contributed by atoms with van der Waals surface area (Å²) in [6.45, 7) is 9.85. The van der Waals surface area contributed by atoms with Gasteiger partial charge in [-0.25, -0.2) is 0 Å². The molecule has 0 saturated heterocycles. The van der Waals surface area contributed by atoms with Gasteiger partial charge in [-0.15, -0.1) is 0 Å². The third kappa shape index (κ3) is 3.34. The van der Waals surface area contributed by atoms with Crippen LogP contribution >= 0.6 is 0 Å². The van der Waals surface area contributed by atoms with Crippen LogP contribution in [0.25, 0.3) is 5.57 Å². The Morgan fingerprint density at radius 3 is 2.52 bits per heavy atom. The Kier molecular flexibility index (Phi) is 4.46. The SMILES string of the molecule is CCN1c2ccc(C=Nc3ccc(C#N)cc3)cc2C(C)=CC1(C)C. The molecule has 0 aromatic heterocycles. The van der Waals surface area contributed by atoms with Gasteiger partial charge in [-0.2, -0.15) is 5.26 Å². The first-order chi connectivity index (χ1) is 11.9. The quantitative estimate of drug-likeness (QED) is 0.714. The van der Waals surface area contributed by atoms with Crippen molar-refractivity contribution in [1.82, 2.24) is 0 Å². The van der Waals surface area contributed by atoms with E-state index in [1.54, 1.807) is 12.1 Å². The summed E-state index contributed by atoms with van der Waals surface area (Å²) in [6, 6.07) is 15.9. The first-order valence-electron chi connectivity index (χ1n) is 8.60. The molecule has 0 bridgehead atoms. The lowest BCUT2D eigenvalue weighted by molar-refractivity contribution is 0.566. The summed E-state index contributed by atoms with van der Waals surface area (Å²) in [4.78, 5) is 6.95. The van der Waals surface area contributed by atoms with Gasteiger partial charge >= 0.3 is 0 Å². The van der Waals surface area contributed by atoms with E-state index in [-0.39, 0.29) is 5.54 Å². The Morgan fingerprint density at radius 2 is 1.88 bits per heavy atom. The normalized spacial score (nSPS) is 15.6. The maximum Gasteiger partial charge on any atom is 0.0991 e. The molecule has 3 heteroatoms. The molecule has 0 unspecified atom stereocenters. The van der Waals surface area contributed by atoms with Crippen LogP contribution in [0.3, 0.4) is 0 Å². The van der Waals surface area contributed by atoms with Crippen LogP contribution in [0.15, 0.2) is 53.5 Å². The number of fused-ring (bicyclic) bond motifs is 1. The molecule has 2 aromatic rings. The standard InChI is InChI=1S/C22H23N3/c1-5-25-21-11-8-18(12-20(21)16(2)13-22(25,3)4)15-24-19-9-6-17(14-23)7-10-19/h6-13,15H,5H2,1-4H3. The van der Waals surface area contributed by atoms with E-state index in [0.29, 0.717) is 5.56 Å². The Hall–Kier alpha value is -2.86. The van der Waals surface area contributed by atoms with Crippen molar-refractivity contribution in [3.05, 3.63) is 65.2 Å². The second-order valence-corrected chi connectivity index (χ2v) is 6.92. The summed E-state index contributed by atoms with van der Waals surface area (Å²) in [5.74, 6) is 0. The molecule has 3 nitrogen and oxygen atoms in total. The number of nitriles is 1. The van der Waals surface area contributed by atoms with E-state index in [9.17, 15) is 0 Å². The Morgan fingerprint density at radius 1 is 1.16 bits per heavy atom. The first kappa shape index (κ1) is 17.0. The number of hydrogen-bond acceptors (Lipinski definition) is 3. The number of likely N-dealkylation sites (N-methyl/N-ethyl adjacent to an activating group) is 1. The molecule has 0 atom stereocenters. The molecule has 0 amide bonds. The number of anilines is 1. The summed E-state index contributed by atoms with van der Waals surface area (Å²) in [7, 11) is 0. The fourth-order valence-electron chi connectivity index (χ4n) is 3.53. The molecule has 0 N–H and O–H groups in total. The van der Waals surface area contributed by atoms with Gasteiger partial charge in [-0.1, -0.05) is 12.1 Å². The summed E-state index contributed by atoms with van der Waals surface area (Å²) < 4.78 is 0. The van der Waals surface area contributed by atoms with E-state index in [4.69, 9.17) is 5.26 Å². The molecule has 126 valence electrons. The third-order valence-corrected chi connectivity index (χ3v) is 4.68. The van der Waals surface area contributed by atoms with Gasteiger partial charge in [0.15, 0.2) is 0 Å². The van der Waals surface area contributed by atoms with Gasteiger partial charge in [-0.3, -0.25) is 4.99 Å². The lowest BCUT2D eigenvalue weighted by atomic mass is 9.88. The van der Waals surface area contributed by atoms with Crippen molar-refractivity contribution in [1.29, 1.82) is 5.26 Å². The molecule has 3 rings (SSSR count). The average Bonchev–Trinajstić information content (AvgIpc) is 2.60. The highest BCUT2D eigenvalue weighted by Gasteiger charge is 2.29. The van der Waals surface area contributed by atoms with Crippen molar-refractivity contribution in [3.63, 3.8) is 0 Å². The summed E-state index contributed by atoms with van der Waals surface area (Å²) >= 11 is 0. The minimum absolute atomic E-state index is 0.0317. The van der Waals surface area contributed by atoms with Crippen LogP contribution in [-0.4, -0.2) is 18.3 Å². The molecule has 0 spiro atoms. The second-order valence-electron chi connectivity index (χ2n) is 6.92. The van der Waals surface area contributed by atoms with Crippen LogP contribution in [0.5, 0.6) is 0 Å². The number of hydrogen-bond donors (Lipinski definition) is 0. The first-order valence-corrected chi connectivity index (χ1v) is 8.60. The van der Waals surface area contributed by atoms with Crippen molar-refractivity contribution < 1.29 is 0 Å².